The fraction of sp³-hybridized carbons (Fsp3) is 0.0959. The molecule has 0 saturated carbocycles. The minimum atomic E-state index is -4.17. The zero-order chi connectivity index (χ0) is 70.3. The van der Waals surface area contributed by atoms with E-state index in [0.717, 1.165) is 18.9 Å². The Hall–Kier alpha value is -5.41. The molecule has 4 aliphatic rings. The Bertz CT molecular complexity index is 4420. The van der Waals surface area contributed by atoms with E-state index >= 15 is 0 Å². The van der Waals surface area contributed by atoms with Crippen LogP contribution in [0, 0.1) is 0 Å². The van der Waals surface area contributed by atoms with Gasteiger partial charge in [-0.15, -0.1) is 23.2 Å². The first-order chi connectivity index (χ1) is 46.4. The van der Waals surface area contributed by atoms with E-state index in [1.165, 1.54) is 51.6 Å². The minimum absolute atomic E-state index is 0.0245. The van der Waals surface area contributed by atoms with Crippen molar-refractivity contribution in [1.82, 2.24) is 0 Å². The SMILES string of the molecule is BrBr.Brc1cc(Br)cc(Br)c1.CC1(C)OB(c2ccccc2)OC1(C)C.ClCCl.O=S([O-])OCl.O=S1(=O)c2ccccc2-c2c1c1c(c3c2S(=O)(=O)c2ccccc2-3)S(=O)(=O)c2ccccc2-1.c1ccc(-c2cc(-c3ccccc3)cc(-c3ccccc3)c2)cc1.c1ccccc1. The number of hydrogen-bond donors (Lipinski definition) is 0. The van der Waals surface area contributed by atoms with Gasteiger partial charge in [-0.05, 0) is 121 Å². The lowest BCUT2D eigenvalue weighted by Gasteiger charge is -2.32. The molecule has 0 aliphatic carbocycles. The summed E-state index contributed by atoms with van der Waals surface area (Å²) in [5.74, 6) is 0. The first-order valence-corrected chi connectivity index (χ1v) is 42.1. The highest BCUT2D eigenvalue weighted by Crippen LogP contribution is 2.63. The third-order valence-corrected chi connectivity index (χ3v) is 23.1. The molecule has 0 aromatic heterocycles. The molecule has 0 amide bonds. The summed E-state index contributed by atoms with van der Waals surface area (Å²) < 4.78 is 119. The van der Waals surface area contributed by atoms with E-state index in [9.17, 15) is 25.3 Å². The van der Waals surface area contributed by atoms with E-state index in [2.05, 4.69) is 229 Å². The molecule has 1 fully saturated rings. The zero-order valence-electron chi connectivity index (χ0n) is 51.8. The second-order valence-electron chi connectivity index (χ2n) is 22.1. The van der Waals surface area contributed by atoms with Crippen LogP contribution < -0.4 is 5.46 Å². The Kier molecular flexibility index (Phi) is 27.7. The molecule has 0 bridgehead atoms. The third-order valence-electron chi connectivity index (χ3n) is 15.6. The van der Waals surface area contributed by atoms with Gasteiger partial charge in [0.1, 0.15) is 11.4 Å². The van der Waals surface area contributed by atoms with E-state index in [-0.39, 0.29) is 86.4 Å². The van der Waals surface area contributed by atoms with Crippen molar-refractivity contribution in [3.8, 4) is 66.8 Å². The summed E-state index contributed by atoms with van der Waals surface area (Å²) in [4.78, 5) is -0.817. The topological polar surface area (TPSA) is 170 Å². The van der Waals surface area contributed by atoms with E-state index < -0.39 is 40.9 Å². The molecule has 97 heavy (non-hydrogen) atoms. The predicted molar refractivity (Wildman–Crippen MR) is 410 cm³/mol. The number of sulfone groups is 3. The third kappa shape index (κ3) is 18.0. The highest BCUT2D eigenvalue weighted by atomic mass is 80.9. The van der Waals surface area contributed by atoms with Crippen LogP contribution in [0.2, 0.25) is 0 Å². The van der Waals surface area contributed by atoms with Crippen molar-refractivity contribution in [3.63, 3.8) is 0 Å². The molecule has 24 heteroatoms. The number of hydrogen-bond acceptors (Lipinski definition) is 11. The summed E-state index contributed by atoms with van der Waals surface area (Å²) in [6.45, 7) is 8.26. The van der Waals surface area contributed by atoms with Crippen LogP contribution in [0.1, 0.15) is 27.7 Å². The van der Waals surface area contributed by atoms with Crippen molar-refractivity contribution in [2.45, 2.75) is 68.3 Å². The molecule has 4 heterocycles. The molecule has 1 unspecified atom stereocenters. The number of alkyl halides is 2. The predicted octanol–water partition coefficient (Wildman–Crippen LogP) is 21.5. The molecular weight excluding hydrogens is 1700 g/mol. The number of benzene rings is 11. The first kappa shape index (κ1) is 77.3. The molecule has 0 radical (unpaired) electrons. The van der Waals surface area contributed by atoms with Crippen LogP contribution in [0.25, 0.3) is 66.8 Å². The lowest BCUT2D eigenvalue weighted by Crippen LogP contribution is -2.41. The lowest BCUT2D eigenvalue weighted by atomic mass is 9.79. The summed E-state index contributed by atoms with van der Waals surface area (Å²) in [5, 5.41) is 0.194. The van der Waals surface area contributed by atoms with Crippen LogP contribution in [0.4, 0.5) is 0 Å². The Morgan fingerprint density at radius 1 is 0.402 bits per heavy atom. The van der Waals surface area contributed by atoms with Crippen molar-refractivity contribution in [3.05, 3.63) is 280 Å². The second kappa shape index (κ2) is 34.8. The molecule has 11 aromatic rings. The lowest BCUT2D eigenvalue weighted by molar-refractivity contribution is 0.00578. The smallest absolute Gasteiger partial charge is 0.494 e. The minimum Gasteiger partial charge on any atom is -0.749 e. The Balaban J connectivity index is 0.000000164. The van der Waals surface area contributed by atoms with Gasteiger partial charge in [0.05, 0.1) is 57.8 Å². The van der Waals surface area contributed by atoms with Crippen LogP contribution in [0.15, 0.2) is 310 Å². The van der Waals surface area contributed by atoms with Gasteiger partial charge in [-0.2, -0.15) is 3.74 Å². The zero-order valence-corrected chi connectivity index (χ0v) is 65.3. The first-order valence-electron chi connectivity index (χ1n) is 29.1. The summed E-state index contributed by atoms with van der Waals surface area (Å²) in [7, 11) is -12.8. The summed E-state index contributed by atoms with van der Waals surface area (Å²) >= 11 is 26.8. The maximum absolute atomic E-state index is 13.8. The van der Waals surface area contributed by atoms with E-state index in [1.54, 1.807) is 54.6 Å². The highest BCUT2D eigenvalue weighted by molar-refractivity contribution is 9.93. The van der Waals surface area contributed by atoms with Crippen LogP contribution in [-0.2, 0) is 53.9 Å². The second-order valence-corrected chi connectivity index (χ2v) is 32.1. The summed E-state index contributed by atoms with van der Waals surface area (Å²) in [6, 6.07) is 85.2. The van der Waals surface area contributed by atoms with Crippen molar-refractivity contribution in [2.24, 2.45) is 0 Å². The van der Waals surface area contributed by atoms with Gasteiger partial charge in [-0.3, -0.25) is 0 Å². The average Bonchev–Trinajstić information content (AvgIpc) is 1.49. The van der Waals surface area contributed by atoms with Crippen molar-refractivity contribution in [2.75, 3.05) is 5.34 Å². The van der Waals surface area contributed by atoms with Crippen molar-refractivity contribution < 1.29 is 47.1 Å². The van der Waals surface area contributed by atoms with Gasteiger partial charge in [0.2, 0.25) is 29.5 Å². The van der Waals surface area contributed by atoms with E-state index in [1.807, 2.05) is 84.9 Å². The molecular formula is C73H58BBr5Cl3O11S4-. The van der Waals surface area contributed by atoms with Gasteiger partial charge in [0.25, 0.3) is 0 Å². The molecule has 15 rings (SSSR count). The Morgan fingerprint density at radius 2 is 0.619 bits per heavy atom. The molecule has 0 N–H and O–H groups in total. The standard InChI is InChI=1S/C24H12O6S3.C24H18.C12H17BO2.C6H3Br3.C6H6.CH2Cl2.Br2.ClHO3S/c25-31(26)16-10-4-1-7-13(16)19-22(31)20-15-9-3-6-12-18(15)33(29,30)24(20)21-14-8-2-5-11-17(14)32(27,28)23(19)21;1-4-10-19(11-5-1)22-16-23(20-12-6-2-7-13-20)18-24(17-22)21-14-8-3-9-15-21;1-11(2)12(3,4)15-13(14-11)10-8-6-5-7-9-10;7-4-1-5(8)3-6(9)2-4;1-2-4-6-5-3-1;2-1-3;1-2;1-4-5(2)3/h1-12H;1-18H;5-9H,1-4H3;1-3H;1-6H;1H2;;(H,2,3)/p-1. The maximum atomic E-state index is 13.8. The molecule has 1 saturated heterocycles. The number of halogens is 8. The largest absolute Gasteiger partial charge is 0.749 e. The number of rotatable bonds is 5. The van der Waals surface area contributed by atoms with Gasteiger partial charge in [0, 0.05) is 75.1 Å². The molecule has 500 valence electrons. The average molecular weight is 1760 g/mol. The maximum Gasteiger partial charge on any atom is 0.494 e. The fourth-order valence-electron chi connectivity index (χ4n) is 10.8. The Labute approximate surface area is 625 Å². The van der Waals surface area contributed by atoms with Gasteiger partial charge in [-0.25, -0.2) is 29.5 Å². The van der Waals surface area contributed by atoms with Gasteiger partial charge < -0.3 is 13.9 Å². The van der Waals surface area contributed by atoms with Crippen LogP contribution in [0.3, 0.4) is 0 Å². The van der Waals surface area contributed by atoms with Gasteiger partial charge in [0.15, 0.2) is 0 Å². The molecule has 4 aliphatic heterocycles. The normalized spacial score (nSPS) is 14.9. The Morgan fingerprint density at radius 3 is 0.866 bits per heavy atom. The quantitative estimate of drug-likeness (QED) is 0.0912. The monoisotopic (exact) mass is 1750 g/mol. The number of fused-ring (bicyclic) bond motifs is 12. The highest BCUT2D eigenvalue weighted by Gasteiger charge is 2.53. The summed E-state index contributed by atoms with van der Waals surface area (Å²) in [6.07, 6.45) is 0. The van der Waals surface area contributed by atoms with E-state index in [4.69, 9.17) is 41.3 Å². The fourth-order valence-corrected chi connectivity index (χ4v) is 19.1. The molecule has 0 spiro atoms. The van der Waals surface area contributed by atoms with Crippen LogP contribution >= 0.6 is 111 Å². The van der Waals surface area contributed by atoms with Crippen molar-refractivity contribution >= 4 is 165 Å². The van der Waals surface area contributed by atoms with Crippen molar-refractivity contribution in [1.29, 1.82) is 0 Å². The van der Waals surface area contributed by atoms with E-state index in [0.29, 0.717) is 0 Å². The van der Waals surface area contributed by atoms with Crippen LogP contribution in [-0.4, -0.2) is 57.7 Å². The van der Waals surface area contributed by atoms with Gasteiger partial charge in [-0.1, -0.05) is 260 Å². The molecule has 11 aromatic carbocycles. The molecule has 11 nitrogen and oxygen atoms in total. The van der Waals surface area contributed by atoms with Gasteiger partial charge >= 0.3 is 7.12 Å². The van der Waals surface area contributed by atoms with Crippen LogP contribution in [0.5, 0.6) is 0 Å². The summed E-state index contributed by atoms with van der Waals surface area (Å²) in [5.41, 5.74) is 9.01. The molecule has 1 atom stereocenters.